The first-order valence-corrected chi connectivity index (χ1v) is 10.2. The van der Waals surface area contributed by atoms with E-state index in [9.17, 15) is 9.59 Å². The Labute approximate surface area is 176 Å². The van der Waals surface area contributed by atoms with Crippen molar-refractivity contribution in [1.82, 2.24) is 5.32 Å². The van der Waals surface area contributed by atoms with Crippen LogP contribution < -0.4 is 15.5 Å². The number of nitrogens with one attached hydrogen (secondary N) is 2. The molecule has 3 aromatic rings. The molecule has 0 aliphatic carbocycles. The van der Waals surface area contributed by atoms with Crippen LogP contribution in [0.15, 0.2) is 78.9 Å². The van der Waals surface area contributed by atoms with Crippen LogP contribution in [0.5, 0.6) is 0 Å². The van der Waals surface area contributed by atoms with Gasteiger partial charge in [0.1, 0.15) is 0 Å². The number of para-hydroxylation sites is 2. The summed E-state index contributed by atoms with van der Waals surface area (Å²) < 4.78 is 0. The third kappa shape index (κ3) is 4.35. The Balaban J connectivity index is 1.43. The number of hydrogen-bond acceptors (Lipinski definition) is 3. The average molecular weight is 399 g/mol. The van der Waals surface area contributed by atoms with Crippen LogP contribution in [-0.2, 0) is 11.2 Å². The summed E-state index contributed by atoms with van der Waals surface area (Å²) in [4.78, 5) is 27.7. The molecule has 3 aromatic carbocycles. The van der Waals surface area contributed by atoms with Crippen molar-refractivity contribution >= 4 is 23.2 Å². The van der Waals surface area contributed by atoms with Gasteiger partial charge in [-0.15, -0.1) is 0 Å². The van der Waals surface area contributed by atoms with E-state index in [1.165, 1.54) is 5.56 Å². The number of anilines is 2. The zero-order valence-corrected chi connectivity index (χ0v) is 17.0. The minimum atomic E-state index is -0.214. The van der Waals surface area contributed by atoms with E-state index >= 15 is 0 Å². The Bertz CT molecular complexity index is 1050. The summed E-state index contributed by atoms with van der Waals surface area (Å²) in [5, 5.41) is 5.93. The quantitative estimate of drug-likeness (QED) is 0.654. The Kier molecular flexibility index (Phi) is 5.80. The highest BCUT2D eigenvalue weighted by molar-refractivity contribution is 6.04. The lowest BCUT2D eigenvalue weighted by molar-refractivity contribution is -0.115. The van der Waals surface area contributed by atoms with Gasteiger partial charge in [-0.2, -0.15) is 0 Å². The molecule has 1 atom stereocenters. The molecule has 0 radical (unpaired) electrons. The molecule has 0 fully saturated rings. The molecule has 1 aliphatic heterocycles. The van der Waals surface area contributed by atoms with E-state index in [4.69, 9.17) is 0 Å². The van der Waals surface area contributed by atoms with Crippen molar-refractivity contribution in [2.75, 3.05) is 23.3 Å². The largest absolute Gasteiger partial charge is 0.362 e. The van der Waals surface area contributed by atoms with Gasteiger partial charge >= 0.3 is 0 Å². The second-order valence-corrected chi connectivity index (χ2v) is 7.50. The molecule has 0 unspecified atom stereocenters. The standard InChI is InChI=1S/C25H25N3O2/c1-18(19-9-3-2-4-10-19)26-25(30)21-12-6-7-13-22(21)27-24(29)17-28-16-15-20-11-5-8-14-23(20)28/h2-14,18H,15-17H2,1H3,(H,26,30)(H,27,29)/t18-/m1/s1. The van der Waals surface area contributed by atoms with E-state index in [0.29, 0.717) is 11.3 Å². The lowest BCUT2D eigenvalue weighted by Crippen LogP contribution is -2.33. The van der Waals surface area contributed by atoms with Crippen LogP contribution in [0.2, 0.25) is 0 Å². The van der Waals surface area contributed by atoms with Crippen LogP contribution in [0.3, 0.4) is 0 Å². The van der Waals surface area contributed by atoms with Gasteiger partial charge in [-0.1, -0.05) is 60.7 Å². The second kappa shape index (κ2) is 8.82. The lowest BCUT2D eigenvalue weighted by atomic mass is 10.1. The number of carbonyl (C=O) groups excluding carboxylic acids is 2. The monoisotopic (exact) mass is 399 g/mol. The molecular formula is C25H25N3O2. The summed E-state index contributed by atoms with van der Waals surface area (Å²) in [6.45, 7) is 3.02. The number of nitrogens with zero attached hydrogens (tertiary/aromatic N) is 1. The normalized spacial score (nSPS) is 13.4. The lowest BCUT2D eigenvalue weighted by Gasteiger charge is -2.20. The molecule has 5 nitrogen and oxygen atoms in total. The van der Waals surface area contributed by atoms with Crippen molar-refractivity contribution in [3.63, 3.8) is 0 Å². The summed E-state index contributed by atoms with van der Waals surface area (Å²) in [7, 11) is 0. The predicted octanol–water partition coefficient (Wildman–Crippen LogP) is 4.18. The zero-order valence-electron chi connectivity index (χ0n) is 17.0. The molecule has 2 amide bonds. The molecular weight excluding hydrogens is 374 g/mol. The van der Waals surface area contributed by atoms with Crippen molar-refractivity contribution in [3.05, 3.63) is 95.6 Å². The first-order valence-electron chi connectivity index (χ1n) is 10.2. The number of rotatable bonds is 6. The SMILES string of the molecule is C[C@@H](NC(=O)c1ccccc1NC(=O)CN1CCc2ccccc21)c1ccccc1. The first kappa shape index (κ1) is 19.7. The van der Waals surface area contributed by atoms with Crippen LogP contribution in [-0.4, -0.2) is 24.9 Å². The van der Waals surface area contributed by atoms with Crippen molar-refractivity contribution < 1.29 is 9.59 Å². The molecule has 5 heteroatoms. The highest BCUT2D eigenvalue weighted by Crippen LogP contribution is 2.27. The van der Waals surface area contributed by atoms with Crippen LogP contribution >= 0.6 is 0 Å². The molecule has 0 aromatic heterocycles. The molecule has 0 bridgehead atoms. The highest BCUT2D eigenvalue weighted by atomic mass is 16.2. The van der Waals surface area contributed by atoms with Crippen molar-refractivity contribution in [2.24, 2.45) is 0 Å². The molecule has 4 rings (SSSR count). The summed E-state index contributed by atoms with van der Waals surface area (Å²) in [5.41, 5.74) is 4.37. The van der Waals surface area contributed by atoms with Gasteiger partial charge in [0.15, 0.2) is 0 Å². The summed E-state index contributed by atoms with van der Waals surface area (Å²) in [6.07, 6.45) is 0.944. The maximum Gasteiger partial charge on any atom is 0.253 e. The highest BCUT2D eigenvalue weighted by Gasteiger charge is 2.21. The minimum Gasteiger partial charge on any atom is -0.362 e. The van der Waals surface area contributed by atoms with E-state index in [2.05, 4.69) is 21.6 Å². The molecule has 2 N–H and O–H groups in total. The van der Waals surface area contributed by atoms with E-state index in [0.717, 1.165) is 24.2 Å². The topological polar surface area (TPSA) is 61.4 Å². The third-order valence-corrected chi connectivity index (χ3v) is 5.41. The predicted molar refractivity (Wildman–Crippen MR) is 120 cm³/mol. The zero-order chi connectivity index (χ0) is 20.9. The van der Waals surface area contributed by atoms with Crippen LogP contribution in [0.25, 0.3) is 0 Å². The Morgan fingerprint density at radius 3 is 2.47 bits per heavy atom. The summed E-state index contributed by atoms with van der Waals surface area (Å²) in [5.74, 6) is -0.350. The van der Waals surface area contributed by atoms with Crippen molar-refractivity contribution in [2.45, 2.75) is 19.4 Å². The minimum absolute atomic E-state index is 0.136. The smallest absolute Gasteiger partial charge is 0.253 e. The van der Waals surface area contributed by atoms with Gasteiger partial charge < -0.3 is 15.5 Å². The fraction of sp³-hybridized carbons (Fsp3) is 0.200. The summed E-state index contributed by atoms with van der Waals surface area (Å²) >= 11 is 0. The van der Waals surface area contributed by atoms with E-state index in [-0.39, 0.29) is 24.4 Å². The van der Waals surface area contributed by atoms with Crippen LogP contribution in [0.1, 0.15) is 34.5 Å². The Hall–Kier alpha value is -3.60. The molecule has 152 valence electrons. The number of benzene rings is 3. The van der Waals surface area contributed by atoms with E-state index in [1.54, 1.807) is 18.2 Å². The maximum atomic E-state index is 12.9. The number of hydrogen-bond donors (Lipinski definition) is 2. The molecule has 30 heavy (non-hydrogen) atoms. The van der Waals surface area contributed by atoms with Gasteiger partial charge in [-0.25, -0.2) is 0 Å². The molecule has 1 heterocycles. The van der Waals surface area contributed by atoms with Crippen LogP contribution in [0.4, 0.5) is 11.4 Å². The maximum absolute atomic E-state index is 12.9. The molecule has 0 saturated carbocycles. The van der Waals surface area contributed by atoms with Crippen molar-refractivity contribution in [3.8, 4) is 0 Å². The molecule has 1 aliphatic rings. The summed E-state index contributed by atoms with van der Waals surface area (Å²) in [6, 6.07) is 24.9. The van der Waals surface area contributed by atoms with Gasteiger partial charge in [0.25, 0.3) is 5.91 Å². The molecule has 0 spiro atoms. The fourth-order valence-electron chi connectivity index (χ4n) is 3.82. The molecule has 0 saturated heterocycles. The van der Waals surface area contributed by atoms with Gasteiger partial charge in [0.05, 0.1) is 23.8 Å². The second-order valence-electron chi connectivity index (χ2n) is 7.50. The Morgan fingerprint density at radius 2 is 1.63 bits per heavy atom. The fourth-order valence-corrected chi connectivity index (χ4v) is 3.82. The number of amides is 2. The Morgan fingerprint density at radius 1 is 0.933 bits per heavy atom. The third-order valence-electron chi connectivity index (χ3n) is 5.41. The first-order chi connectivity index (χ1) is 14.6. The number of carbonyl (C=O) groups is 2. The van der Waals surface area contributed by atoms with Crippen molar-refractivity contribution in [1.29, 1.82) is 0 Å². The van der Waals surface area contributed by atoms with Gasteiger partial charge in [0, 0.05) is 12.2 Å². The van der Waals surface area contributed by atoms with Gasteiger partial charge in [0.2, 0.25) is 5.91 Å². The van der Waals surface area contributed by atoms with Gasteiger partial charge in [-0.3, -0.25) is 9.59 Å². The number of fused-ring (bicyclic) bond motifs is 1. The van der Waals surface area contributed by atoms with E-state index in [1.807, 2.05) is 61.5 Å². The van der Waals surface area contributed by atoms with Crippen LogP contribution in [0, 0.1) is 0 Å². The van der Waals surface area contributed by atoms with E-state index < -0.39 is 0 Å². The average Bonchev–Trinajstić information content (AvgIpc) is 3.17. The van der Waals surface area contributed by atoms with Gasteiger partial charge in [-0.05, 0) is 42.7 Å².